The van der Waals surface area contributed by atoms with Gasteiger partial charge in [0.15, 0.2) is 5.82 Å². The Kier molecular flexibility index (Phi) is 4.31. The Balaban J connectivity index is 2.29. The predicted molar refractivity (Wildman–Crippen MR) is 70.0 cm³/mol. The van der Waals surface area contributed by atoms with Crippen molar-refractivity contribution in [3.8, 4) is 0 Å². The average molecular weight is 317 g/mol. The molecule has 1 heterocycles. The summed E-state index contributed by atoms with van der Waals surface area (Å²) in [6, 6.07) is 3.24. The normalized spacial score (nSPS) is 11.3. The molecule has 0 amide bonds. The minimum absolute atomic E-state index is 0.00380. The molecule has 0 saturated carbocycles. The first-order valence-corrected chi connectivity index (χ1v) is 6.43. The van der Waals surface area contributed by atoms with Gasteiger partial charge in [-0.3, -0.25) is 0 Å². The number of fused-ring (bicyclic) bond motifs is 1. The highest BCUT2D eigenvalue weighted by Crippen LogP contribution is 2.24. The fourth-order valence-corrected chi connectivity index (χ4v) is 2.29. The van der Waals surface area contributed by atoms with Crippen LogP contribution in [0.3, 0.4) is 0 Å². The third-order valence-corrected chi connectivity index (χ3v) is 3.12. The molecule has 2 aromatic rings. The second-order valence-electron chi connectivity index (χ2n) is 3.90. The number of hydrogen-bond acceptors (Lipinski definition) is 3. The van der Waals surface area contributed by atoms with E-state index >= 15 is 0 Å². The predicted octanol–water partition coefficient (Wildman–Crippen LogP) is 2.26. The Morgan fingerprint density at radius 1 is 1.44 bits per heavy atom. The quantitative estimate of drug-likeness (QED) is 0.861. The molecule has 6 heteroatoms. The molecule has 98 valence electrons. The fraction of sp³-hybridized carbons (Fsp3) is 0.417. The molecule has 0 spiro atoms. The van der Waals surface area contributed by atoms with Crippen LogP contribution in [-0.4, -0.2) is 34.5 Å². The van der Waals surface area contributed by atoms with Crippen molar-refractivity contribution in [3.05, 3.63) is 28.2 Å². The third kappa shape index (κ3) is 2.71. The van der Waals surface area contributed by atoms with E-state index in [0.717, 1.165) is 11.3 Å². The number of nitrogens with zero attached hydrogens (tertiary/aromatic N) is 2. The number of aryl methyl sites for hydroxylation is 1. The van der Waals surface area contributed by atoms with Crippen LogP contribution in [0.2, 0.25) is 0 Å². The van der Waals surface area contributed by atoms with E-state index in [1.807, 2.05) is 17.6 Å². The molecule has 1 N–H and O–H groups in total. The zero-order valence-corrected chi connectivity index (χ0v) is 11.6. The van der Waals surface area contributed by atoms with Gasteiger partial charge in [0.25, 0.3) is 0 Å². The van der Waals surface area contributed by atoms with E-state index in [4.69, 9.17) is 9.84 Å². The van der Waals surface area contributed by atoms with Gasteiger partial charge in [-0.2, -0.15) is 0 Å². The summed E-state index contributed by atoms with van der Waals surface area (Å²) in [5.74, 6) is 0.409. The van der Waals surface area contributed by atoms with Crippen LogP contribution in [-0.2, 0) is 11.3 Å². The smallest absolute Gasteiger partial charge is 0.152 e. The van der Waals surface area contributed by atoms with Gasteiger partial charge < -0.3 is 14.4 Å². The van der Waals surface area contributed by atoms with Gasteiger partial charge in [0.2, 0.25) is 0 Å². The number of aliphatic hydroxyl groups is 1. The van der Waals surface area contributed by atoms with E-state index in [-0.39, 0.29) is 12.4 Å². The zero-order valence-electron chi connectivity index (χ0n) is 9.99. The molecule has 18 heavy (non-hydrogen) atoms. The van der Waals surface area contributed by atoms with Crippen molar-refractivity contribution in [2.45, 2.75) is 13.5 Å². The van der Waals surface area contributed by atoms with Gasteiger partial charge in [-0.1, -0.05) is 15.9 Å². The number of halogens is 2. The lowest BCUT2D eigenvalue weighted by molar-refractivity contribution is 0.0872. The van der Waals surface area contributed by atoms with Crippen molar-refractivity contribution >= 4 is 27.0 Å². The van der Waals surface area contributed by atoms with E-state index < -0.39 is 0 Å². The van der Waals surface area contributed by atoms with Gasteiger partial charge in [0.05, 0.1) is 25.3 Å². The highest BCUT2D eigenvalue weighted by atomic mass is 79.9. The van der Waals surface area contributed by atoms with Crippen molar-refractivity contribution < 1.29 is 14.2 Å². The van der Waals surface area contributed by atoms with Gasteiger partial charge in [-0.15, -0.1) is 0 Å². The fourth-order valence-electron chi connectivity index (χ4n) is 1.87. The lowest BCUT2D eigenvalue weighted by Gasteiger charge is -2.07. The molecular formula is C12H14BrFN2O2. The van der Waals surface area contributed by atoms with E-state index in [2.05, 4.69) is 20.9 Å². The number of aliphatic hydroxyl groups excluding tert-OH is 1. The van der Waals surface area contributed by atoms with Crippen LogP contribution in [0, 0.1) is 12.7 Å². The molecular weight excluding hydrogens is 303 g/mol. The first-order valence-electron chi connectivity index (χ1n) is 5.64. The number of rotatable bonds is 5. The van der Waals surface area contributed by atoms with Gasteiger partial charge >= 0.3 is 0 Å². The first-order chi connectivity index (χ1) is 8.63. The Morgan fingerprint density at radius 3 is 2.94 bits per heavy atom. The van der Waals surface area contributed by atoms with Crippen LogP contribution in [0.5, 0.6) is 0 Å². The summed E-state index contributed by atoms with van der Waals surface area (Å²) in [5.41, 5.74) is 1.12. The number of hydrogen-bond donors (Lipinski definition) is 1. The van der Waals surface area contributed by atoms with Crippen molar-refractivity contribution in [2.75, 3.05) is 19.8 Å². The summed E-state index contributed by atoms with van der Waals surface area (Å²) >= 11 is 3.27. The second kappa shape index (κ2) is 5.77. The standard InChI is InChI=1S/C12H14BrFN2O2/c1-8-15-12-10(14)6-9(13)7-11(12)16(8)2-4-18-5-3-17/h6-7,17H,2-5H2,1H3. The topological polar surface area (TPSA) is 47.3 Å². The van der Waals surface area contributed by atoms with E-state index in [1.54, 1.807) is 0 Å². The molecule has 0 atom stereocenters. The average Bonchev–Trinajstić information content (AvgIpc) is 2.62. The van der Waals surface area contributed by atoms with E-state index in [9.17, 15) is 4.39 Å². The summed E-state index contributed by atoms with van der Waals surface area (Å²) in [6.45, 7) is 3.19. The lowest BCUT2D eigenvalue weighted by atomic mass is 10.3. The van der Waals surface area contributed by atoms with Gasteiger partial charge in [0, 0.05) is 11.0 Å². The molecule has 0 aliphatic carbocycles. The number of aromatic nitrogens is 2. The van der Waals surface area contributed by atoms with Crippen molar-refractivity contribution in [1.29, 1.82) is 0 Å². The zero-order chi connectivity index (χ0) is 13.1. The van der Waals surface area contributed by atoms with Crippen LogP contribution in [0.1, 0.15) is 5.82 Å². The number of imidazole rings is 1. The largest absolute Gasteiger partial charge is 0.394 e. The Labute approximate surface area is 113 Å². The van der Waals surface area contributed by atoms with E-state index in [0.29, 0.717) is 29.7 Å². The highest BCUT2D eigenvalue weighted by Gasteiger charge is 2.12. The minimum atomic E-state index is -0.336. The molecule has 0 aliphatic rings. The van der Waals surface area contributed by atoms with E-state index in [1.165, 1.54) is 6.07 Å². The molecule has 2 rings (SSSR count). The van der Waals surface area contributed by atoms with Crippen molar-refractivity contribution in [1.82, 2.24) is 9.55 Å². The van der Waals surface area contributed by atoms with Gasteiger partial charge in [-0.05, 0) is 19.1 Å². The maximum absolute atomic E-state index is 13.7. The minimum Gasteiger partial charge on any atom is -0.394 e. The van der Waals surface area contributed by atoms with Gasteiger partial charge in [-0.25, -0.2) is 9.37 Å². The third-order valence-electron chi connectivity index (χ3n) is 2.66. The maximum Gasteiger partial charge on any atom is 0.152 e. The number of benzene rings is 1. The summed E-state index contributed by atoms with van der Waals surface area (Å²) < 4.78 is 21.5. The summed E-state index contributed by atoms with van der Waals surface area (Å²) in [6.07, 6.45) is 0. The molecule has 0 fully saturated rings. The molecule has 0 aliphatic heterocycles. The molecule has 1 aromatic carbocycles. The SMILES string of the molecule is Cc1nc2c(F)cc(Br)cc2n1CCOCCO. The van der Waals surface area contributed by atoms with Gasteiger partial charge in [0.1, 0.15) is 11.3 Å². The maximum atomic E-state index is 13.7. The van der Waals surface area contributed by atoms with Crippen LogP contribution in [0.15, 0.2) is 16.6 Å². The molecule has 4 nitrogen and oxygen atoms in total. The lowest BCUT2D eigenvalue weighted by Crippen LogP contribution is -2.09. The van der Waals surface area contributed by atoms with Crippen LogP contribution in [0.4, 0.5) is 4.39 Å². The second-order valence-corrected chi connectivity index (χ2v) is 4.82. The number of ether oxygens (including phenoxy) is 1. The molecule has 0 unspecified atom stereocenters. The van der Waals surface area contributed by atoms with Crippen molar-refractivity contribution in [2.24, 2.45) is 0 Å². The van der Waals surface area contributed by atoms with Crippen LogP contribution in [0.25, 0.3) is 11.0 Å². The Hall–Kier alpha value is -0.980. The Bertz CT molecular complexity index is 556. The molecule has 0 saturated heterocycles. The van der Waals surface area contributed by atoms with Crippen LogP contribution < -0.4 is 0 Å². The first kappa shape index (κ1) is 13.5. The highest BCUT2D eigenvalue weighted by molar-refractivity contribution is 9.10. The van der Waals surface area contributed by atoms with Crippen LogP contribution >= 0.6 is 15.9 Å². The summed E-state index contributed by atoms with van der Waals surface area (Å²) in [4.78, 5) is 4.21. The van der Waals surface area contributed by atoms with Crippen molar-refractivity contribution in [3.63, 3.8) is 0 Å². The monoisotopic (exact) mass is 316 g/mol. The summed E-state index contributed by atoms with van der Waals surface area (Å²) in [5, 5.41) is 8.62. The molecule has 0 radical (unpaired) electrons. The molecule has 0 bridgehead atoms. The Morgan fingerprint density at radius 2 is 2.22 bits per heavy atom. The molecule has 1 aromatic heterocycles. The summed E-state index contributed by atoms with van der Waals surface area (Å²) in [7, 11) is 0.